The number of hydrogen-bond acceptors (Lipinski definition) is 3. The average molecular weight is 193 g/mol. The van der Waals surface area contributed by atoms with E-state index in [2.05, 4.69) is 10.3 Å². The highest BCUT2D eigenvalue weighted by Gasteiger charge is 2.09. The van der Waals surface area contributed by atoms with Crippen molar-refractivity contribution in [3.8, 4) is 0 Å². The molecule has 0 aliphatic rings. The summed E-state index contributed by atoms with van der Waals surface area (Å²) in [4.78, 5) is 17.1. The van der Waals surface area contributed by atoms with Crippen molar-refractivity contribution in [3.05, 3.63) is 24.5 Å². The first kappa shape index (κ1) is 10.7. The van der Waals surface area contributed by atoms with Crippen molar-refractivity contribution in [1.82, 2.24) is 10.3 Å². The highest BCUT2D eigenvalue weighted by atomic mass is 16.2. The number of amides is 1. The van der Waals surface area contributed by atoms with Crippen LogP contribution in [0.1, 0.15) is 6.42 Å². The Balaban J connectivity index is 2.57. The van der Waals surface area contributed by atoms with E-state index < -0.39 is 0 Å². The van der Waals surface area contributed by atoms with Gasteiger partial charge in [-0.2, -0.15) is 0 Å². The Morgan fingerprint density at radius 1 is 1.64 bits per heavy atom. The molecular weight excluding hydrogens is 178 g/mol. The van der Waals surface area contributed by atoms with Gasteiger partial charge in [-0.3, -0.25) is 9.78 Å². The quantitative estimate of drug-likeness (QED) is 0.763. The summed E-state index contributed by atoms with van der Waals surface area (Å²) in [6.45, 7) is 0.698. The molecule has 0 aliphatic carbocycles. The maximum Gasteiger partial charge on any atom is 0.228 e. The van der Waals surface area contributed by atoms with Crippen molar-refractivity contribution >= 4 is 11.6 Å². The molecule has 1 N–H and O–H groups in total. The summed E-state index contributed by atoms with van der Waals surface area (Å²) in [6.07, 6.45) is 3.87. The van der Waals surface area contributed by atoms with Crippen molar-refractivity contribution in [2.75, 3.05) is 25.5 Å². The fourth-order valence-corrected chi connectivity index (χ4v) is 1.10. The third-order valence-corrected chi connectivity index (χ3v) is 2.00. The normalized spacial score (nSPS) is 9.86. The van der Waals surface area contributed by atoms with E-state index in [0.717, 1.165) is 5.69 Å². The second kappa shape index (κ2) is 5.34. The van der Waals surface area contributed by atoms with Gasteiger partial charge in [0.2, 0.25) is 5.91 Å². The highest BCUT2D eigenvalue weighted by Crippen LogP contribution is 2.09. The predicted molar refractivity (Wildman–Crippen MR) is 56.2 cm³/mol. The Morgan fingerprint density at radius 3 is 3.00 bits per heavy atom. The third kappa shape index (κ3) is 2.81. The monoisotopic (exact) mass is 193 g/mol. The minimum Gasteiger partial charge on any atom is -0.319 e. The SMILES string of the molecule is CNCCC(=O)N(C)c1cccnc1. The van der Waals surface area contributed by atoms with Gasteiger partial charge in [0.05, 0.1) is 11.9 Å². The molecule has 0 aliphatic heterocycles. The number of nitrogens with zero attached hydrogens (tertiary/aromatic N) is 2. The zero-order valence-electron chi connectivity index (χ0n) is 8.53. The molecule has 0 radical (unpaired) electrons. The van der Waals surface area contributed by atoms with Crippen LogP contribution in [0.25, 0.3) is 0 Å². The van der Waals surface area contributed by atoms with Crippen LogP contribution in [0.3, 0.4) is 0 Å². The maximum absolute atomic E-state index is 11.6. The molecule has 1 heterocycles. The molecule has 1 aromatic heterocycles. The molecule has 14 heavy (non-hydrogen) atoms. The highest BCUT2D eigenvalue weighted by molar-refractivity contribution is 5.92. The smallest absolute Gasteiger partial charge is 0.228 e. The van der Waals surface area contributed by atoms with Gasteiger partial charge in [0.25, 0.3) is 0 Å². The largest absolute Gasteiger partial charge is 0.319 e. The van der Waals surface area contributed by atoms with Crippen LogP contribution in [0.4, 0.5) is 5.69 Å². The van der Waals surface area contributed by atoms with Crippen molar-refractivity contribution in [3.63, 3.8) is 0 Å². The molecule has 76 valence electrons. The number of pyridine rings is 1. The fraction of sp³-hybridized carbons (Fsp3) is 0.400. The van der Waals surface area contributed by atoms with Crippen molar-refractivity contribution < 1.29 is 4.79 Å². The van der Waals surface area contributed by atoms with E-state index in [1.807, 2.05) is 19.2 Å². The van der Waals surface area contributed by atoms with E-state index in [4.69, 9.17) is 0 Å². The lowest BCUT2D eigenvalue weighted by atomic mass is 10.3. The summed E-state index contributed by atoms with van der Waals surface area (Å²) in [5.41, 5.74) is 0.827. The van der Waals surface area contributed by atoms with Gasteiger partial charge in [-0.25, -0.2) is 0 Å². The number of nitrogens with one attached hydrogen (secondary N) is 1. The van der Waals surface area contributed by atoms with Gasteiger partial charge >= 0.3 is 0 Å². The molecule has 4 nitrogen and oxygen atoms in total. The zero-order chi connectivity index (χ0) is 10.4. The molecule has 0 saturated heterocycles. The lowest BCUT2D eigenvalue weighted by molar-refractivity contribution is -0.118. The first-order valence-electron chi connectivity index (χ1n) is 4.57. The summed E-state index contributed by atoms with van der Waals surface area (Å²) in [7, 11) is 3.59. The van der Waals surface area contributed by atoms with E-state index in [1.54, 1.807) is 24.3 Å². The zero-order valence-corrected chi connectivity index (χ0v) is 8.53. The van der Waals surface area contributed by atoms with Gasteiger partial charge in [0.1, 0.15) is 0 Å². The van der Waals surface area contributed by atoms with Gasteiger partial charge in [-0.15, -0.1) is 0 Å². The Morgan fingerprint density at radius 2 is 2.43 bits per heavy atom. The van der Waals surface area contributed by atoms with Crippen LogP contribution in [-0.2, 0) is 4.79 Å². The van der Waals surface area contributed by atoms with E-state index in [1.165, 1.54) is 0 Å². The molecule has 0 aromatic carbocycles. The second-order valence-corrected chi connectivity index (χ2v) is 3.02. The van der Waals surface area contributed by atoms with E-state index in [9.17, 15) is 4.79 Å². The molecule has 0 spiro atoms. The third-order valence-electron chi connectivity index (χ3n) is 2.00. The summed E-state index contributed by atoms with van der Waals surface area (Å²) in [6, 6.07) is 3.68. The molecule has 0 unspecified atom stereocenters. The van der Waals surface area contributed by atoms with Crippen molar-refractivity contribution in [1.29, 1.82) is 0 Å². The average Bonchev–Trinajstić information content (AvgIpc) is 2.26. The number of hydrogen-bond donors (Lipinski definition) is 1. The minimum atomic E-state index is 0.0901. The number of anilines is 1. The Labute approximate surface area is 83.9 Å². The molecule has 4 heteroatoms. The Bertz CT molecular complexity index is 287. The number of carbonyl (C=O) groups excluding carboxylic acids is 1. The lowest BCUT2D eigenvalue weighted by Crippen LogP contribution is -2.28. The van der Waals surface area contributed by atoms with Crippen LogP contribution < -0.4 is 10.2 Å². The number of aromatic nitrogens is 1. The molecular formula is C10H15N3O. The standard InChI is InChI=1S/C10H15N3O/c1-11-7-5-10(14)13(2)9-4-3-6-12-8-9/h3-4,6,8,11H,5,7H2,1-2H3. The van der Waals surface area contributed by atoms with E-state index in [-0.39, 0.29) is 5.91 Å². The summed E-state index contributed by atoms with van der Waals surface area (Å²) >= 11 is 0. The molecule has 1 aromatic rings. The van der Waals surface area contributed by atoms with E-state index >= 15 is 0 Å². The second-order valence-electron chi connectivity index (χ2n) is 3.02. The molecule has 1 rings (SSSR count). The topological polar surface area (TPSA) is 45.2 Å². The molecule has 0 fully saturated rings. The first-order valence-corrected chi connectivity index (χ1v) is 4.57. The lowest BCUT2D eigenvalue weighted by Gasteiger charge is -2.16. The Hall–Kier alpha value is -1.42. The summed E-state index contributed by atoms with van der Waals surface area (Å²) < 4.78 is 0. The van der Waals surface area contributed by atoms with Crippen LogP contribution >= 0.6 is 0 Å². The van der Waals surface area contributed by atoms with Crippen LogP contribution in [0.2, 0.25) is 0 Å². The summed E-state index contributed by atoms with van der Waals surface area (Å²) in [5.74, 6) is 0.0901. The molecule has 1 amide bonds. The van der Waals surface area contributed by atoms with Gasteiger partial charge in [-0.05, 0) is 19.2 Å². The van der Waals surface area contributed by atoms with Gasteiger partial charge < -0.3 is 10.2 Å². The van der Waals surface area contributed by atoms with Crippen LogP contribution in [0.5, 0.6) is 0 Å². The first-order chi connectivity index (χ1) is 6.75. The summed E-state index contributed by atoms with van der Waals surface area (Å²) in [5, 5.41) is 2.94. The van der Waals surface area contributed by atoms with Crippen LogP contribution in [0, 0.1) is 0 Å². The molecule has 0 saturated carbocycles. The molecule has 0 atom stereocenters. The predicted octanol–water partition coefficient (Wildman–Crippen LogP) is 0.654. The van der Waals surface area contributed by atoms with Crippen LogP contribution in [-0.4, -0.2) is 31.5 Å². The van der Waals surface area contributed by atoms with Crippen molar-refractivity contribution in [2.45, 2.75) is 6.42 Å². The minimum absolute atomic E-state index is 0.0901. The van der Waals surface area contributed by atoms with Crippen LogP contribution in [0.15, 0.2) is 24.5 Å². The van der Waals surface area contributed by atoms with Gasteiger partial charge in [0.15, 0.2) is 0 Å². The molecule has 0 bridgehead atoms. The van der Waals surface area contributed by atoms with Gasteiger partial charge in [-0.1, -0.05) is 0 Å². The fourth-order valence-electron chi connectivity index (χ4n) is 1.10. The number of rotatable bonds is 4. The maximum atomic E-state index is 11.6. The van der Waals surface area contributed by atoms with Crippen molar-refractivity contribution in [2.24, 2.45) is 0 Å². The van der Waals surface area contributed by atoms with E-state index in [0.29, 0.717) is 13.0 Å². The number of carbonyl (C=O) groups is 1. The Kier molecular flexibility index (Phi) is 4.07. The van der Waals surface area contributed by atoms with Gasteiger partial charge in [0, 0.05) is 26.2 Å².